The van der Waals surface area contributed by atoms with Crippen LogP contribution in [0.3, 0.4) is 0 Å². The third kappa shape index (κ3) is 6.90. The molecule has 0 saturated carbocycles. The van der Waals surface area contributed by atoms with Gasteiger partial charge >= 0.3 is 0 Å². The molecule has 0 saturated heterocycles. The van der Waals surface area contributed by atoms with Gasteiger partial charge in [0.05, 0.1) is 4.90 Å². The van der Waals surface area contributed by atoms with Crippen molar-refractivity contribution in [3.8, 4) is 0 Å². The molecule has 2 aromatic carbocycles. The molecule has 0 spiro atoms. The highest BCUT2D eigenvalue weighted by molar-refractivity contribution is 7.89. The SMILES string of the molecule is CCNC(=O)C(C)N(Cc1cccc(C)c1)C(=O)CCCN(C)S(=O)(=O)c1ccccc1. The summed E-state index contributed by atoms with van der Waals surface area (Å²) in [6, 6.07) is 15.4. The summed E-state index contributed by atoms with van der Waals surface area (Å²) >= 11 is 0. The van der Waals surface area contributed by atoms with Crippen LogP contribution in [0.5, 0.6) is 0 Å². The predicted molar refractivity (Wildman–Crippen MR) is 125 cm³/mol. The van der Waals surface area contributed by atoms with Crippen LogP contribution >= 0.6 is 0 Å². The van der Waals surface area contributed by atoms with Gasteiger partial charge in [0.25, 0.3) is 0 Å². The number of nitrogens with one attached hydrogen (secondary N) is 1. The monoisotopic (exact) mass is 459 g/mol. The molecular weight excluding hydrogens is 426 g/mol. The highest BCUT2D eigenvalue weighted by Crippen LogP contribution is 2.16. The number of hydrogen-bond acceptors (Lipinski definition) is 4. The number of aryl methyl sites for hydroxylation is 1. The average molecular weight is 460 g/mol. The van der Waals surface area contributed by atoms with E-state index < -0.39 is 16.1 Å². The molecule has 1 N–H and O–H groups in total. The summed E-state index contributed by atoms with van der Waals surface area (Å²) in [7, 11) is -2.09. The fourth-order valence-corrected chi connectivity index (χ4v) is 4.63. The third-order valence-electron chi connectivity index (χ3n) is 5.27. The van der Waals surface area contributed by atoms with Gasteiger partial charge in [0.15, 0.2) is 0 Å². The minimum Gasteiger partial charge on any atom is -0.355 e. The summed E-state index contributed by atoms with van der Waals surface area (Å²) in [4.78, 5) is 27.3. The Labute approximate surface area is 191 Å². The number of rotatable bonds is 11. The van der Waals surface area contributed by atoms with Gasteiger partial charge in [-0.3, -0.25) is 9.59 Å². The van der Waals surface area contributed by atoms with Crippen molar-refractivity contribution in [2.45, 2.75) is 51.1 Å². The van der Waals surface area contributed by atoms with Crippen molar-refractivity contribution < 1.29 is 18.0 Å². The molecule has 0 aliphatic carbocycles. The topological polar surface area (TPSA) is 86.8 Å². The van der Waals surface area contributed by atoms with E-state index in [0.29, 0.717) is 19.5 Å². The molecule has 2 aromatic rings. The first-order chi connectivity index (χ1) is 15.2. The van der Waals surface area contributed by atoms with E-state index in [-0.39, 0.29) is 29.7 Å². The van der Waals surface area contributed by atoms with Gasteiger partial charge in [-0.1, -0.05) is 48.0 Å². The van der Waals surface area contributed by atoms with Crippen molar-refractivity contribution >= 4 is 21.8 Å². The van der Waals surface area contributed by atoms with Crippen molar-refractivity contribution in [3.05, 3.63) is 65.7 Å². The molecule has 0 aliphatic heterocycles. The number of likely N-dealkylation sites (N-methyl/N-ethyl adjacent to an activating group) is 1. The molecule has 0 aliphatic rings. The highest BCUT2D eigenvalue weighted by atomic mass is 32.2. The number of carbonyl (C=O) groups is 2. The van der Waals surface area contributed by atoms with Crippen LogP contribution in [-0.2, 0) is 26.2 Å². The zero-order chi connectivity index (χ0) is 23.7. The Hall–Kier alpha value is -2.71. The van der Waals surface area contributed by atoms with E-state index in [0.717, 1.165) is 11.1 Å². The molecule has 1 atom stereocenters. The van der Waals surface area contributed by atoms with E-state index in [1.54, 1.807) is 42.2 Å². The Bertz CT molecular complexity index is 1010. The van der Waals surface area contributed by atoms with Crippen molar-refractivity contribution in [2.75, 3.05) is 20.1 Å². The normalized spacial score (nSPS) is 12.4. The lowest BCUT2D eigenvalue weighted by Gasteiger charge is -2.29. The second kappa shape index (κ2) is 11.8. The van der Waals surface area contributed by atoms with Gasteiger partial charge in [-0.2, -0.15) is 0 Å². The molecule has 32 heavy (non-hydrogen) atoms. The maximum atomic E-state index is 13.1. The fraction of sp³-hybridized carbons (Fsp3) is 0.417. The summed E-state index contributed by atoms with van der Waals surface area (Å²) in [5, 5.41) is 2.77. The maximum Gasteiger partial charge on any atom is 0.242 e. The molecule has 2 amide bonds. The largest absolute Gasteiger partial charge is 0.355 e. The number of amides is 2. The standard InChI is InChI=1S/C24H33N3O4S/c1-5-25-24(29)20(3)27(18-21-12-9-11-19(2)17-21)23(28)15-10-16-26(4)32(30,31)22-13-7-6-8-14-22/h6-9,11-14,17,20H,5,10,15-16,18H2,1-4H3,(H,25,29). The molecule has 8 heteroatoms. The zero-order valence-corrected chi connectivity index (χ0v) is 20.1. The fourth-order valence-electron chi connectivity index (χ4n) is 3.40. The summed E-state index contributed by atoms with van der Waals surface area (Å²) in [6.07, 6.45) is 0.498. The zero-order valence-electron chi connectivity index (χ0n) is 19.2. The van der Waals surface area contributed by atoms with Crippen LogP contribution < -0.4 is 5.32 Å². The van der Waals surface area contributed by atoms with Crippen LogP contribution in [-0.4, -0.2) is 55.6 Å². The van der Waals surface area contributed by atoms with Gasteiger partial charge in [0, 0.05) is 33.1 Å². The van der Waals surface area contributed by atoms with Crippen molar-refractivity contribution in [1.82, 2.24) is 14.5 Å². The van der Waals surface area contributed by atoms with E-state index in [4.69, 9.17) is 0 Å². The van der Waals surface area contributed by atoms with Gasteiger partial charge in [0.2, 0.25) is 21.8 Å². The summed E-state index contributed by atoms with van der Waals surface area (Å²) in [6.45, 7) is 6.53. The van der Waals surface area contributed by atoms with Gasteiger partial charge in [-0.15, -0.1) is 0 Å². The number of hydrogen-bond donors (Lipinski definition) is 1. The van der Waals surface area contributed by atoms with E-state index >= 15 is 0 Å². The molecule has 7 nitrogen and oxygen atoms in total. The first-order valence-electron chi connectivity index (χ1n) is 10.8. The lowest BCUT2D eigenvalue weighted by Crippen LogP contribution is -2.47. The summed E-state index contributed by atoms with van der Waals surface area (Å²) in [5.74, 6) is -0.395. The molecule has 0 aromatic heterocycles. The molecular formula is C24H33N3O4S. The third-order valence-corrected chi connectivity index (χ3v) is 7.14. The molecule has 0 fully saturated rings. The van der Waals surface area contributed by atoms with Gasteiger partial charge in [-0.05, 0) is 44.9 Å². The summed E-state index contributed by atoms with van der Waals surface area (Å²) in [5.41, 5.74) is 2.02. The second-order valence-electron chi connectivity index (χ2n) is 7.82. The lowest BCUT2D eigenvalue weighted by molar-refractivity contribution is -0.140. The van der Waals surface area contributed by atoms with Crippen LogP contribution in [0.1, 0.15) is 37.8 Å². The number of benzene rings is 2. The average Bonchev–Trinajstić information content (AvgIpc) is 2.77. The minimum absolute atomic E-state index is 0.143. The van der Waals surface area contributed by atoms with E-state index in [9.17, 15) is 18.0 Å². The Balaban J connectivity index is 2.06. The molecule has 0 bridgehead atoms. The highest BCUT2D eigenvalue weighted by Gasteiger charge is 2.26. The van der Waals surface area contributed by atoms with Crippen molar-refractivity contribution in [1.29, 1.82) is 0 Å². The van der Waals surface area contributed by atoms with Gasteiger partial charge in [0.1, 0.15) is 6.04 Å². The molecule has 2 rings (SSSR count). The smallest absolute Gasteiger partial charge is 0.242 e. The molecule has 1 unspecified atom stereocenters. The second-order valence-corrected chi connectivity index (χ2v) is 9.87. The van der Waals surface area contributed by atoms with E-state index in [1.807, 2.05) is 38.1 Å². The number of carbonyl (C=O) groups excluding carboxylic acids is 2. The van der Waals surface area contributed by atoms with Gasteiger partial charge < -0.3 is 10.2 Å². The number of nitrogens with zero attached hydrogens (tertiary/aromatic N) is 2. The first kappa shape index (κ1) is 25.5. The quantitative estimate of drug-likeness (QED) is 0.560. The van der Waals surface area contributed by atoms with E-state index in [2.05, 4.69) is 5.32 Å². The van der Waals surface area contributed by atoms with Gasteiger partial charge in [-0.25, -0.2) is 12.7 Å². The Kier molecular flexibility index (Phi) is 9.41. The predicted octanol–water partition coefficient (Wildman–Crippen LogP) is 2.95. The van der Waals surface area contributed by atoms with E-state index in [1.165, 1.54) is 11.4 Å². The van der Waals surface area contributed by atoms with Crippen LogP contribution in [0, 0.1) is 6.92 Å². The maximum absolute atomic E-state index is 13.1. The van der Waals surface area contributed by atoms with Crippen LogP contribution in [0.15, 0.2) is 59.5 Å². The Morgan fingerprint density at radius 2 is 1.75 bits per heavy atom. The summed E-state index contributed by atoms with van der Waals surface area (Å²) < 4.78 is 26.6. The lowest BCUT2D eigenvalue weighted by atomic mass is 10.1. The molecule has 174 valence electrons. The van der Waals surface area contributed by atoms with Crippen molar-refractivity contribution in [3.63, 3.8) is 0 Å². The molecule has 0 heterocycles. The Morgan fingerprint density at radius 1 is 1.06 bits per heavy atom. The number of sulfonamides is 1. The van der Waals surface area contributed by atoms with Crippen LogP contribution in [0.25, 0.3) is 0 Å². The van der Waals surface area contributed by atoms with Crippen LogP contribution in [0.4, 0.5) is 0 Å². The minimum atomic E-state index is -3.60. The van der Waals surface area contributed by atoms with Crippen molar-refractivity contribution in [2.24, 2.45) is 0 Å². The first-order valence-corrected chi connectivity index (χ1v) is 12.2. The molecule has 0 radical (unpaired) electrons. The van der Waals surface area contributed by atoms with Crippen LogP contribution in [0.2, 0.25) is 0 Å². The Morgan fingerprint density at radius 3 is 2.38 bits per heavy atom.